The molecule has 1 aliphatic carbocycles. The lowest BCUT2D eigenvalue weighted by atomic mass is 9.80. The molecule has 0 N–H and O–H groups in total. The molecule has 2 rings (SSSR count). The topological polar surface area (TPSA) is 0 Å². The first-order valence-corrected chi connectivity index (χ1v) is 5.22. The molecule has 76 valence electrons. The zero-order valence-corrected chi connectivity index (χ0v) is 9.10. The second-order valence-electron chi connectivity index (χ2n) is 4.87. The van der Waals surface area contributed by atoms with Crippen molar-refractivity contribution in [3.63, 3.8) is 0 Å². The lowest BCUT2D eigenvalue weighted by Gasteiger charge is -2.28. The molecule has 1 saturated carbocycles. The van der Waals surface area contributed by atoms with Gasteiger partial charge in [-0.1, -0.05) is 24.3 Å². The zero-order valence-electron chi connectivity index (χ0n) is 9.10. The molecule has 14 heavy (non-hydrogen) atoms. The molecule has 0 nitrogen and oxygen atoms in total. The second-order valence-corrected chi connectivity index (χ2v) is 4.87. The lowest BCUT2D eigenvalue weighted by molar-refractivity contribution is 0.155. The summed E-state index contributed by atoms with van der Waals surface area (Å²) in [5.41, 5.74) is 1.13. The van der Waals surface area contributed by atoms with E-state index in [9.17, 15) is 4.39 Å². The number of hydrogen-bond donors (Lipinski definition) is 0. The Morgan fingerprint density at radius 3 is 2.21 bits per heavy atom. The Bertz CT molecular complexity index is 342. The molecule has 0 radical (unpaired) electrons. The number of rotatable bonds is 2. The van der Waals surface area contributed by atoms with E-state index in [2.05, 4.69) is 19.1 Å². The van der Waals surface area contributed by atoms with Gasteiger partial charge in [-0.25, -0.2) is 4.39 Å². The highest BCUT2D eigenvalue weighted by atomic mass is 19.1. The Morgan fingerprint density at radius 2 is 1.79 bits per heavy atom. The molecule has 1 heteroatoms. The highest BCUT2D eigenvalue weighted by molar-refractivity contribution is 5.40. The van der Waals surface area contributed by atoms with E-state index < -0.39 is 5.67 Å². The van der Waals surface area contributed by atoms with Crippen molar-refractivity contribution in [1.82, 2.24) is 0 Å². The van der Waals surface area contributed by atoms with E-state index in [1.165, 1.54) is 11.1 Å². The molecule has 0 aromatic heterocycles. The van der Waals surface area contributed by atoms with Crippen LogP contribution in [-0.2, 0) is 5.41 Å². The smallest absolute Gasteiger partial charge is 0.115 e. The first kappa shape index (κ1) is 9.70. The average molecular weight is 192 g/mol. The maximum Gasteiger partial charge on any atom is 0.115 e. The maximum atomic E-state index is 14.1. The summed E-state index contributed by atoms with van der Waals surface area (Å²) in [6, 6.07) is 8.17. The molecule has 0 amide bonds. The van der Waals surface area contributed by atoms with Crippen LogP contribution in [0.5, 0.6) is 0 Å². The first-order chi connectivity index (χ1) is 6.47. The number of halogens is 1. The lowest BCUT2D eigenvalue weighted by Crippen LogP contribution is -2.32. The van der Waals surface area contributed by atoms with Crippen LogP contribution in [0.15, 0.2) is 24.3 Å². The molecular weight excluding hydrogens is 175 g/mol. The van der Waals surface area contributed by atoms with Gasteiger partial charge in [-0.2, -0.15) is 0 Å². The molecule has 0 bridgehead atoms. The number of hydrogen-bond acceptors (Lipinski definition) is 0. The summed E-state index contributed by atoms with van der Waals surface area (Å²) in [7, 11) is 0. The SMILES string of the molecule is Cc1ccccc1C1(C(C)(C)F)CC1. The summed E-state index contributed by atoms with van der Waals surface area (Å²) >= 11 is 0. The fourth-order valence-electron chi connectivity index (χ4n) is 2.42. The van der Waals surface area contributed by atoms with Gasteiger partial charge in [0.2, 0.25) is 0 Å². The highest BCUT2D eigenvalue weighted by Gasteiger charge is 2.56. The Hall–Kier alpha value is -0.850. The van der Waals surface area contributed by atoms with Gasteiger partial charge < -0.3 is 0 Å². The van der Waals surface area contributed by atoms with Gasteiger partial charge in [-0.15, -0.1) is 0 Å². The predicted molar refractivity (Wildman–Crippen MR) is 57.3 cm³/mol. The Kier molecular flexibility index (Phi) is 1.95. The highest BCUT2D eigenvalue weighted by Crippen LogP contribution is 2.57. The normalized spacial score (nSPS) is 19.4. The van der Waals surface area contributed by atoms with Gasteiger partial charge in [-0.3, -0.25) is 0 Å². The molecule has 1 fully saturated rings. The zero-order chi connectivity index (χ0) is 10.4. The molecule has 1 aromatic carbocycles. The molecule has 0 heterocycles. The van der Waals surface area contributed by atoms with E-state index in [0.29, 0.717) is 0 Å². The number of aryl methyl sites for hydroxylation is 1. The largest absolute Gasteiger partial charge is 0.244 e. The monoisotopic (exact) mass is 192 g/mol. The minimum absolute atomic E-state index is 0.196. The van der Waals surface area contributed by atoms with Crippen molar-refractivity contribution in [1.29, 1.82) is 0 Å². The van der Waals surface area contributed by atoms with E-state index in [1.54, 1.807) is 13.8 Å². The fraction of sp³-hybridized carbons (Fsp3) is 0.538. The van der Waals surface area contributed by atoms with Crippen molar-refractivity contribution in [2.45, 2.75) is 44.7 Å². The van der Waals surface area contributed by atoms with Crippen molar-refractivity contribution >= 4 is 0 Å². The minimum atomic E-state index is -1.10. The van der Waals surface area contributed by atoms with E-state index in [0.717, 1.165) is 12.8 Å². The standard InChI is InChI=1S/C13H17F/c1-10-6-4-5-7-11(10)13(8-9-13)12(2,3)14/h4-7H,8-9H2,1-3H3. The van der Waals surface area contributed by atoms with E-state index in [1.807, 2.05) is 12.1 Å². The van der Waals surface area contributed by atoms with Crippen LogP contribution in [0.4, 0.5) is 4.39 Å². The van der Waals surface area contributed by atoms with Crippen molar-refractivity contribution in [2.24, 2.45) is 0 Å². The third-order valence-electron chi connectivity index (χ3n) is 3.55. The number of benzene rings is 1. The van der Waals surface area contributed by atoms with Gasteiger partial charge in [0.1, 0.15) is 5.67 Å². The van der Waals surface area contributed by atoms with Gasteiger partial charge in [0.05, 0.1) is 0 Å². The van der Waals surface area contributed by atoms with Gasteiger partial charge in [0.15, 0.2) is 0 Å². The molecule has 0 atom stereocenters. The Morgan fingerprint density at radius 1 is 1.21 bits per heavy atom. The van der Waals surface area contributed by atoms with Crippen molar-refractivity contribution in [2.75, 3.05) is 0 Å². The van der Waals surface area contributed by atoms with Crippen LogP contribution in [0.2, 0.25) is 0 Å². The first-order valence-electron chi connectivity index (χ1n) is 5.22. The third-order valence-corrected chi connectivity index (χ3v) is 3.55. The fourth-order valence-corrected chi connectivity index (χ4v) is 2.42. The summed E-state index contributed by atoms with van der Waals surface area (Å²) in [4.78, 5) is 0. The van der Waals surface area contributed by atoms with Crippen molar-refractivity contribution in [3.05, 3.63) is 35.4 Å². The van der Waals surface area contributed by atoms with Crippen LogP contribution >= 0.6 is 0 Å². The summed E-state index contributed by atoms with van der Waals surface area (Å²) in [5.74, 6) is 0. The second kappa shape index (κ2) is 2.82. The summed E-state index contributed by atoms with van der Waals surface area (Å²) in [5, 5.41) is 0. The van der Waals surface area contributed by atoms with Crippen LogP contribution in [0.3, 0.4) is 0 Å². The molecule has 0 spiro atoms. The van der Waals surface area contributed by atoms with Crippen LogP contribution in [0.25, 0.3) is 0 Å². The predicted octanol–water partition coefficient (Wildman–Crippen LogP) is 3.77. The average Bonchev–Trinajstić information content (AvgIpc) is 2.84. The van der Waals surface area contributed by atoms with Crippen molar-refractivity contribution < 1.29 is 4.39 Å². The molecule has 1 aromatic rings. The van der Waals surface area contributed by atoms with Crippen LogP contribution < -0.4 is 0 Å². The maximum absolute atomic E-state index is 14.1. The molecule has 1 aliphatic rings. The summed E-state index contributed by atoms with van der Waals surface area (Å²) in [6.45, 7) is 5.47. The van der Waals surface area contributed by atoms with Gasteiger partial charge in [0, 0.05) is 5.41 Å². The summed E-state index contributed by atoms with van der Waals surface area (Å²) in [6.07, 6.45) is 1.97. The van der Waals surface area contributed by atoms with Crippen molar-refractivity contribution in [3.8, 4) is 0 Å². The van der Waals surface area contributed by atoms with Gasteiger partial charge >= 0.3 is 0 Å². The van der Waals surface area contributed by atoms with E-state index >= 15 is 0 Å². The van der Waals surface area contributed by atoms with Gasteiger partial charge in [-0.05, 0) is 44.7 Å². The summed E-state index contributed by atoms with van der Waals surface area (Å²) < 4.78 is 14.1. The molecule has 0 aliphatic heterocycles. The number of alkyl halides is 1. The third kappa shape index (κ3) is 1.26. The van der Waals surface area contributed by atoms with Crippen LogP contribution in [0.1, 0.15) is 37.8 Å². The quantitative estimate of drug-likeness (QED) is 0.669. The Balaban J connectivity index is 2.46. The Labute approximate surface area is 85.1 Å². The molecule has 0 saturated heterocycles. The van der Waals surface area contributed by atoms with Crippen LogP contribution in [0, 0.1) is 6.92 Å². The van der Waals surface area contributed by atoms with E-state index in [-0.39, 0.29) is 5.41 Å². The van der Waals surface area contributed by atoms with E-state index in [4.69, 9.17) is 0 Å². The minimum Gasteiger partial charge on any atom is -0.244 e. The van der Waals surface area contributed by atoms with Crippen LogP contribution in [-0.4, -0.2) is 5.67 Å². The molecule has 0 unspecified atom stereocenters. The molecular formula is C13H17F. The van der Waals surface area contributed by atoms with Gasteiger partial charge in [0.25, 0.3) is 0 Å².